The maximum absolute atomic E-state index is 11.4. The Morgan fingerprint density at radius 2 is 0.765 bits per heavy atom. The number of unbranched alkanes of at least 4 members (excludes halogenated alkanes) is 14. The van der Waals surface area contributed by atoms with Crippen molar-refractivity contribution in [3.05, 3.63) is 0 Å². The first-order valence-corrected chi connectivity index (χ1v) is 15.0. The summed E-state index contributed by atoms with van der Waals surface area (Å²) in [6.45, 7) is 3.30. The molecule has 0 aliphatic heterocycles. The van der Waals surface area contributed by atoms with Gasteiger partial charge in [0.15, 0.2) is 0 Å². The minimum absolute atomic E-state index is 0.384. The third-order valence-electron chi connectivity index (χ3n) is 6.78. The van der Waals surface area contributed by atoms with Crippen LogP contribution in [0.2, 0.25) is 0 Å². The SMILES string of the molecule is CCCCCCCCCCC(O)(CCCCCCCCCC)C(CO)(CO)CO.O=P(O)(O)O. The van der Waals surface area contributed by atoms with E-state index in [2.05, 4.69) is 13.8 Å². The van der Waals surface area contributed by atoms with E-state index in [-0.39, 0.29) is 19.8 Å². The van der Waals surface area contributed by atoms with Crippen LogP contribution in [0.15, 0.2) is 0 Å². The number of aliphatic hydroxyl groups is 4. The summed E-state index contributed by atoms with van der Waals surface area (Å²) in [7, 11) is -4.64. The first-order chi connectivity index (χ1) is 16.1. The van der Waals surface area contributed by atoms with E-state index in [9.17, 15) is 20.4 Å². The molecule has 7 N–H and O–H groups in total. The van der Waals surface area contributed by atoms with Crippen LogP contribution in [-0.2, 0) is 4.57 Å². The van der Waals surface area contributed by atoms with Gasteiger partial charge in [0.2, 0.25) is 0 Å². The fraction of sp³-hybridized carbons (Fsp3) is 1.00. The summed E-state index contributed by atoms with van der Waals surface area (Å²) >= 11 is 0. The summed E-state index contributed by atoms with van der Waals surface area (Å²) in [6, 6.07) is 0. The molecule has 0 radical (unpaired) electrons. The molecule has 0 amide bonds. The van der Waals surface area contributed by atoms with Gasteiger partial charge in [0.05, 0.1) is 30.8 Å². The first kappa shape index (κ1) is 36.1. The summed E-state index contributed by atoms with van der Waals surface area (Å²) in [5, 5.41) is 41.0. The Morgan fingerprint density at radius 1 is 0.529 bits per heavy atom. The van der Waals surface area contributed by atoms with Gasteiger partial charge in [0.1, 0.15) is 0 Å². The third-order valence-corrected chi connectivity index (χ3v) is 6.78. The molecular weight excluding hydrogens is 459 g/mol. The number of rotatable bonds is 22. The predicted octanol–water partition coefficient (Wildman–Crippen LogP) is 4.81. The summed E-state index contributed by atoms with van der Waals surface area (Å²) in [5.74, 6) is 0. The zero-order valence-corrected chi connectivity index (χ0v) is 22.7. The molecule has 0 aliphatic rings. The highest BCUT2D eigenvalue weighted by Gasteiger charge is 2.48. The van der Waals surface area contributed by atoms with Gasteiger partial charge in [0.25, 0.3) is 0 Å². The Kier molecular flexibility index (Phi) is 23.5. The Balaban J connectivity index is 0. The molecule has 0 saturated heterocycles. The normalized spacial score (nSPS) is 12.5. The van der Waals surface area contributed by atoms with E-state index < -0.39 is 18.8 Å². The second-order valence-corrected chi connectivity index (χ2v) is 10.8. The molecule has 0 aromatic carbocycles. The lowest BCUT2D eigenvalue weighted by atomic mass is 9.68. The quantitative estimate of drug-likeness (QED) is 0.0800. The highest BCUT2D eigenvalue weighted by atomic mass is 31.2. The van der Waals surface area contributed by atoms with Crippen LogP contribution >= 0.6 is 7.82 Å². The van der Waals surface area contributed by atoms with Crippen molar-refractivity contribution in [1.29, 1.82) is 0 Å². The minimum atomic E-state index is -4.64. The van der Waals surface area contributed by atoms with Crippen LogP contribution in [0.25, 0.3) is 0 Å². The van der Waals surface area contributed by atoms with Crippen LogP contribution in [0.5, 0.6) is 0 Å². The van der Waals surface area contributed by atoms with Gasteiger partial charge in [-0.3, -0.25) is 0 Å². The molecule has 34 heavy (non-hydrogen) atoms. The number of hydrogen-bond acceptors (Lipinski definition) is 5. The van der Waals surface area contributed by atoms with Crippen LogP contribution < -0.4 is 0 Å². The van der Waals surface area contributed by atoms with Crippen molar-refractivity contribution < 1.29 is 39.7 Å². The smallest absolute Gasteiger partial charge is 0.395 e. The average Bonchev–Trinajstić information content (AvgIpc) is 2.78. The molecule has 0 saturated carbocycles. The molecular formula is C25H55O8P. The largest absolute Gasteiger partial charge is 0.466 e. The Hall–Kier alpha value is -0.0500. The van der Waals surface area contributed by atoms with Gasteiger partial charge in [-0.2, -0.15) is 0 Å². The summed E-state index contributed by atoms with van der Waals surface area (Å²) < 4.78 is 8.88. The van der Waals surface area contributed by atoms with Gasteiger partial charge in [-0.05, 0) is 12.8 Å². The van der Waals surface area contributed by atoms with Crippen molar-refractivity contribution in [2.24, 2.45) is 5.41 Å². The topological polar surface area (TPSA) is 159 Å². The van der Waals surface area contributed by atoms with Crippen molar-refractivity contribution in [2.45, 2.75) is 135 Å². The molecule has 208 valence electrons. The van der Waals surface area contributed by atoms with Crippen LogP contribution in [0.1, 0.15) is 129 Å². The van der Waals surface area contributed by atoms with Crippen molar-refractivity contribution in [3.8, 4) is 0 Å². The first-order valence-electron chi connectivity index (χ1n) is 13.4. The Bertz CT molecular complexity index is 443. The van der Waals surface area contributed by atoms with Crippen LogP contribution in [0.3, 0.4) is 0 Å². The van der Waals surface area contributed by atoms with E-state index in [0.717, 1.165) is 25.7 Å². The fourth-order valence-electron chi connectivity index (χ4n) is 4.35. The maximum atomic E-state index is 11.4. The molecule has 0 aliphatic carbocycles. The number of hydrogen-bond donors (Lipinski definition) is 7. The molecule has 0 fully saturated rings. The molecule has 0 atom stereocenters. The second kappa shape index (κ2) is 22.2. The van der Waals surface area contributed by atoms with E-state index in [0.29, 0.717) is 12.8 Å². The van der Waals surface area contributed by atoms with Gasteiger partial charge in [0, 0.05) is 0 Å². The average molecular weight is 515 g/mol. The third kappa shape index (κ3) is 19.2. The van der Waals surface area contributed by atoms with Gasteiger partial charge >= 0.3 is 7.82 Å². The standard InChI is InChI=1S/C25H52O4.H3O4P/c1-3-5-7-9-11-13-15-17-19-25(29,24(21-26,22-27)23-28)20-18-16-14-12-10-8-6-4-2;1-5(2,3)4/h26-29H,3-23H2,1-2H3;(H3,1,2,3,4). The van der Waals surface area contributed by atoms with Gasteiger partial charge in [-0.1, -0.05) is 117 Å². The minimum Gasteiger partial charge on any atom is -0.395 e. The van der Waals surface area contributed by atoms with E-state index in [1.807, 2.05) is 0 Å². The highest BCUT2D eigenvalue weighted by molar-refractivity contribution is 7.45. The lowest BCUT2D eigenvalue weighted by molar-refractivity contribution is -0.162. The Labute approximate surface area is 208 Å². The van der Waals surface area contributed by atoms with Crippen LogP contribution in [0.4, 0.5) is 0 Å². The summed E-state index contributed by atoms with van der Waals surface area (Å²) in [6.07, 6.45) is 20.1. The molecule has 9 heteroatoms. The van der Waals surface area contributed by atoms with E-state index >= 15 is 0 Å². The Morgan fingerprint density at radius 3 is 1.00 bits per heavy atom. The van der Waals surface area contributed by atoms with Crippen molar-refractivity contribution in [1.82, 2.24) is 0 Å². The molecule has 0 spiro atoms. The van der Waals surface area contributed by atoms with Gasteiger partial charge in [-0.15, -0.1) is 0 Å². The molecule has 0 unspecified atom stereocenters. The highest BCUT2D eigenvalue weighted by Crippen LogP contribution is 2.39. The zero-order chi connectivity index (χ0) is 26.3. The van der Waals surface area contributed by atoms with Crippen molar-refractivity contribution in [3.63, 3.8) is 0 Å². The fourth-order valence-corrected chi connectivity index (χ4v) is 4.35. The molecule has 0 heterocycles. The van der Waals surface area contributed by atoms with E-state index in [1.54, 1.807) is 0 Å². The second-order valence-electron chi connectivity index (χ2n) is 9.75. The monoisotopic (exact) mass is 514 g/mol. The van der Waals surface area contributed by atoms with Crippen molar-refractivity contribution >= 4 is 7.82 Å². The van der Waals surface area contributed by atoms with Crippen LogP contribution in [-0.4, -0.2) is 60.5 Å². The molecule has 0 aromatic heterocycles. The lowest BCUT2D eigenvalue weighted by Crippen LogP contribution is -2.55. The van der Waals surface area contributed by atoms with Gasteiger partial charge in [-0.25, -0.2) is 4.57 Å². The molecule has 8 nitrogen and oxygen atoms in total. The van der Waals surface area contributed by atoms with E-state index in [4.69, 9.17) is 19.2 Å². The van der Waals surface area contributed by atoms with Gasteiger partial charge < -0.3 is 35.1 Å². The molecule has 0 bridgehead atoms. The number of aliphatic hydroxyl groups excluding tert-OH is 3. The number of phosphoric acid groups is 1. The van der Waals surface area contributed by atoms with E-state index in [1.165, 1.54) is 77.0 Å². The predicted molar refractivity (Wildman–Crippen MR) is 137 cm³/mol. The van der Waals surface area contributed by atoms with Crippen molar-refractivity contribution in [2.75, 3.05) is 19.8 Å². The summed E-state index contributed by atoms with van der Waals surface area (Å²) in [4.78, 5) is 21.6. The zero-order valence-electron chi connectivity index (χ0n) is 21.8. The maximum Gasteiger partial charge on any atom is 0.466 e. The van der Waals surface area contributed by atoms with Crippen LogP contribution in [0, 0.1) is 5.41 Å². The lowest BCUT2D eigenvalue weighted by Gasteiger charge is -2.44. The summed E-state index contributed by atoms with van der Waals surface area (Å²) in [5.41, 5.74) is -2.41. The molecule has 0 aromatic rings. The molecule has 0 rings (SSSR count).